The Morgan fingerprint density at radius 1 is 1.62 bits per heavy atom. The Morgan fingerprint density at radius 2 is 2.46 bits per heavy atom. The topological polar surface area (TPSA) is 69.6 Å². The number of hydrogen-bond donors (Lipinski definition) is 1. The van der Waals surface area contributed by atoms with Gasteiger partial charge in [-0.15, -0.1) is 11.3 Å². The van der Waals surface area contributed by atoms with Gasteiger partial charge in [-0.2, -0.15) is 0 Å². The van der Waals surface area contributed by atoms with Gasteiger partial charge in [0.2, 0.25) is 5.95 Å². The van der Waals surface area contributed by atoms with Gasteiger partial charge in [0.05, 0.1) is 10.9 Å². The predicted octanol–water partition coefficient (Wildman–Crippen LogP) is 1.02. The summed E-state index contributed by atoms with van der Waals surface area (Å²) in [6.45, 7) is 0.515. The fourth-order valence-electron chi connectivity index (χ4n) is 0.917. The highest BCUT2D eigenvalue weighted by Gasteiger charge is 2.06. The first-order valence-corrected chi connectivity index (χ1v) is 4.76. The number of aromatic nitrogens is 4. The first kappa shape index (κ1) is 8.46. The van der Waals surface area contributed by atoms with Crippen molar-refractivity contribution in [2.45, 2.75) is 6.54 Å². The van der Waals surface area contributed by atoms with Crippen LogP contribution < -0.4 is 5.73 Å². The van der Waals surface area contributed by atoms with Crippen molar-refractivity contribution in [1.29, 1.82) is 0 Å². The summed E-state index contributed by atoms with van der Waals surface area (Å²) in [4.78, 5) is 0. The largest absolute Gasteiger partial charge is 0.367 e. The molecule has 0 aliphatic rings. The summed E-state index contributed by atoms with van der Waals surface area (Å²) < 4.78 is 2.24. The van der Waals surface area contributed by atoms with Crippen LogP contribution in [0.25, 0.3) is 0 Å². The second-order valence-corrected chi connectivity index (χ2v) is 3.93. The van der Waals surface area contributed by atoms with Crippen molar-refractivity contribution in [3.63, 3.8) is 0 Å². The van der Waals surface area contributed by atoms with E-state index in [2.05, 4.69) is 15.5 Å². The number of nitrogen functional groups attached to an aromatic ring is 1. The maximum atomic E-state index is 5.90. The van der Waals surface area contributed by atoms with Crippen LogP contribution in [-0.2, 0) is 6.54 Å². The van der Waals surface area contributed by atoms with Crippen LogP contribution in [0.4, 0.5) is 5.95 Å². The molecule has 0 unspecified atom stereocenters. The molecule has 0 saturated carbocycles. The lowest BCUT2D eigenvalue weighted by atomic mass is 10.3. The van der Waals surface area contributed by atoms with Crippen LogP contribution in [0.1, 0.15) is 5.56 Å². The van der Waals surface area contributed by atoms with Crippen LogP contribution in [0.3, 0.4) is 0 Å². The summed E-state index contributed by atoms with van der Waals surface area (Å²) >= 11 is 7.38. The Balaban J connectivity index is 2.24. The van der Waals surface area contributed by atoms with Gasteiger partial charge in [0.15, 0.2) is 0 Å². The molecule has 7 heteroatoms. The second kappa shape index (κ2) is 3.31. The lowest BCUT2D eigenvalue weighted by Crippen LogP contribution is -2.05. The van der Waals surface area contributed by atoms with E-state index in [0.717, 1.165) is 9.90 Å². The minimum absolute atomic E-state index is 0.294. The molecule has 0 aliphatic carbocycles. The van der Waals surface area contributed by atoms with Gasteiger partial charge < -0.3 is 5.73 Å². The molecular weight excluding hydrogens is 210 g/mol. The Labute approximate surface area is 83.1 Å². The molecule has 2 heterocycles. The van der Waals surface area contributed by atoms with Crippen LogP contribution >= 0.6 is 22.9 Å². The highest BCUT2D eigenvalue weighted by molar-refractivity contribution is 7.14. The van der Waals surface area contributed by atoms with Crippen LogP contribution in [0.15, 0.2) is 11.4 Å². The summed E-state index contributed by atoms with van der Waals surface area (Å²) in [5.74, 6) is 0.294. The standard InChI is InChI=1S/C6H6ClN5S/c7-5-4(1-2-13-5)3-12-6(8)9-10-11-12/h1-2H,3H2,(H2,8,9,11). The minimum atomic E-state index is 0.294. The normalized spacial score (nSPS) is 10.5. The number of halogens is 1. The van der Waals surface area contributed by atoms with Gasteiger partial charge in [-0.05, 0) is 21.9 Å². The van der Waals surface area contributed by atoms with Crippen molar-refractivity contribution in [3.8, 4) is 0 Å². The van der Waals surface area contributed by atoms with Gasteiger partial charge in [-0.25, -0.2) is 4.68 Å². The van der Waals surface area contributed by atoms with Gasteiger partial charge in [-0.1, -0.05) is 16.7 Å². The number of anilines is 1. The van der Waals surface area contributed by atoms with E-state index in [1.807, 2.05) is 11.4 Å². The van der Waals surface area contributed by atoms with Crippen LogP contribution in [0.2, 0.25) is 4.34 Å². The molecule has 0 spiro atoms. The molecule has 5 nitrogen and oxygen atoms in total. The smallest absolute Gasteiger partial charge is 0.240 e. The molecule has 0 bridgehead atoms. The van der Waals surface area contributed by atoms with Crippen LogP contribution in [0, 0.1) is 0 Å². The van der Waals surface area contributed by atoms with Crippen LogP contribution in [0.5, 0.6) is 0 Å². The van der Waals surface area contributed by atoms with Crippen molar-refractivity contribution in [2.24, 2.45) is 0 Å². The Morgan fingerprint density at radius 3 is 3.00 bits per heavy atom. The zero-order chi connectivity index (χ0) is 9.26. The number of thiophene rings is 1. The minimum Gasteiger partial charge on any atom is -0.367 e. The quantitative estimate of drug-likeness (QED) is 0.812. The molecular formula is C6H6ClN5S. The van der Waals surface area contributed by atoms with Crippen LogP contribution in [-0.4, -0.2) is 20.2 Å². The van der Waals surface area contributed by atoms with E-state index in [-0.39, 0.29) is 0 Å². The van der Waals surface area contributed by atoms with Gasteiger partial charge in [0.25, 0.3) is 0 Å². The van der Waals surface area contributed by atoms with E-state index in [0.29, 0.717) is 12.5 Å². The lowest BCUT2D eigenvalue weighted by Gasteiger charge is -1.98. The highest BCUT2D eigenvalue weighted by atomic mass is 35.5. The molecule has 0 aliphatic heterocycles. The molecule has 13 heavy (non-hydrogen) atoms. The first-order chi connectivity index (χ1) is 6.27. The first-order valence-electron chi connectivity index (χ1n) is 3.51. The fraction of sp³-hybridized carbons (Fsp3) is 0.167. The van der Waals surface area contributed by atoms with Crippen molar-refractivity contribution < 1.29 is 0 Å². The third kappa shape index (κ3) is 1.63. The van der Waals surface area contributed by atoms with E-state index in [4.69, 9.17) is 17.3 Å². The summed E-state index contributed by atoms with van der Waals surface area (Å²) in [5, 5.41) is 12.6. The Bertz CT molecular complexity index is 370. The van der Waals surface area contributed by atoms with E-state index >= 15 is 0 Å². The maximum Gasteiger partial charge on any atom is 0.240 e. The lowest BCUT2D eigenvalue weighted by molar-refractivity contribution is 0.656. The summed E-state index contributed by atoms with van der Waals surface area (Å²) in [6.07, 6.45) is 0. The number of rotatable bonds is 2. The van der Waals surface area contributed by atoms with Gasteiger partial charge >= 0.3 is 0 Å². The third-order valence-corrected chi connectivity index (χ3v) is 2.82. The van der Waals surface area contributed by atoms with E-state index in [9.17, 15) is 0 Å². The van der Waals surface area contributed by atoms with Gasteiger partial charge in [0.1, 0.15) is 0 Å². The highest BCUT2D eigenvalue weighted by Crippen LogP contribution is 2.23. The molecule has 0 saturated heterocycles. The molecule has 2 aromatic rings. The van der Waals surface area contributed by atoms with Crippen molar-refractivity contribution in [1.82, 2.24) is 20.2 Å². The van der Waals surface area contributed by atoms with Crippen molar-refractivity contribution in [2.75, 3.05) is 5.73 Å². The SMILES string of the molecule is Nc1nnnn1Cc1ccsc1Cl. The van der Waals surface area contributed by atoms with Gasteiger partial charge in [-0.3, -0.25) is 0 Å². The molecule has 0 atom stereocenters. The zero-order valence-electron chi connectivity index (χ0n) is 6.51. The molecule has 0 radical (unpaired) electrons. The monoisotopic (exact) mass is 215 g/mol. The van der Waals surface area contributed by atoms with Crippen molar-refractivity contribution in [3.05, 3.63) is 21.3 Å². The Hall–Kier alpha value is -1.14. The summed E-state index contributed by atoms with van der Waals surface area (Å²) in [5.41, 5.74) is 6.47. The summed E-state index contributed by atoms with van der Waals surface area (Å²) in [6, 6.07) is 1.92. The Kier molecular flexibility index (Phi) is 2.15. The predicted molar refractivity (Wildman–Crippen MR) is 50.7 cm³/mol. The second-order valence-electron chi connectivity index (χ2n) is 2.41. The number of nitrogens with two attached hydrogens (primary N) is 1. The number of tetrazole rings is 1. The average Bonchev–Trinajstić information content (AvgIpc) is 2.65. The molecule has 2 aromatic heterocycles. The van der Waals surface area contributed by atoms with Crippen molar-refractivity contribution >= 4 is 28.9 Å². The zero-order valence-corrected chi connectivity index (χ0v) is 8.09. The summed E-state index contributed by atoms with van der Waals surface area (Å²) in [7, 11) is 0. The third-order valence-electron chi connectivity index (χ3n) is 1.57. The molecule has 2 N–H and O–H groups in total. The number of nitrogens with zero attached hydrogens (tertiary/aromatic N) is 4. The molecule has 0 aromatic carbocycles. The van der Waals surface area contributed by atoms with E-state index in [1.54, 1.807) is 0 Å². The maximum absolute atomic E-state index is 5.90. The van der Waals surface area contributed by atoms with E-state index in [1.165, 1.54) is 16.0 Å². The molecule has 68 valence electrons. The van der Waals surface area contributed by atoms with E-state index < -0.39 is 0 Å². The van der Waals surface area contributed by atoms with Gasteiger partial charge in [0, 0.05) is 5.56 Å². The fourth-order valence-corrected chi connectivity index (χ4v) is 1.83. The molecule has 2 rings (SSSR count). The number of hydrogen-bond acceptors (Lipinski definition) is 5. The molecule has 0 fully saturated rings. The molecule has 0 amide bonds. The average molecular weight is 216 g/mol.